The molecule has 1 rings (SSSR count). The Morgan fingerprint density at radius 2 is 1.32 bits per heavy atom. The zero-order valence-electron chi connectivity index (χ0n) is 37.7. The van der Waals surface area contributed by atoms with E-state index in [1.54, 1.807) is 0 Å². The van der Waals surface area contributed by atoms with Gasteiger partial charge in [0.15, 0.2) is 0 Å². The summed E-state index contributed by atoms with van der Waals surface area (Å²) in [4.78, 5) is 31.6. The number of carboxylic acids is 1. The molecule has 53 heavy (non-hydrogen) atoms. The van der Waals surface area contributed by atoms with Gasteiger partial charge in [-0.3, -0.25) is 9.59 Å². The van der Waals surface area contributed by atoms with E-state index >= 15 is 0 Å². The highest BCUT2D eigenvalue weighted by Crippen LogP contribution is 2.62. The normalized spacial score (nSPS) is 20.2. The van der Waals surface area contributed by atoms with Gasteiger partial charge in [0.2, 0.25) is 0 Å². The monoisotopic (exact) mass is 742 g/mol. The first-order valence-corrected chi connectivity index (χ1v) is 21.0. The highest BCUT2D eigenvalue weighted by molar-refractivity contribution is 5.74. The first-order valence-electron chi connectivity index (χ1n) is 21.0. The lowest BCUT2D eigenvalue weighted by Gasteiger charge is -2.56. The number of carbonyl (C=O) groups is 2. The summed E-state index contributed by atoms with van der Waals surface area (Å²) in [5.41, 5.74) is -2.53. The number of carbonyl (C=O) groups excluding carboxylic acids is 1. The molecule has 1 aromatic rings. The zero-order valence-corrected chi connectivity index (χ0v) is 37.7. The van der Waals surface area contributed by atoms with Crippen LogP contribution in [0.1, 0.15) is 182 Å². The molecule has 0 aliphatic rings. The van der Waals surface area contributed by atoms with Gasteiger partial charge in [0.05, 0.1) is 37.3 Å². The molecule has 1 aromatic heterocycles. The summed E-state index contributed by atoms with van der Waals surface area (Å²) in [6.07, 6.45) is 12.6. The summed E-state index contributed by atoms with van der Waals surface area (Å²) in [5.74, 6) is -1.11. The molecular formula is C46H83N3O4. The number of nitrogens with zero attached hydrogens (tertiary/aromatic N) is 3. The Morgan fingerprint density at radius 3 is 1.68 bits per heavy atom. The van der Waals surface area contributed by atoms with Crippen LogP contribution in [-0.4, -0.2) is 33.7 Å². The lowest BCUT2D eigenvalue weighted by molar-refractivity contribution is -0.165. The average molecular weight is 742 g/mol. The minimum Gasteiger partial charge on any atom is -0.481 e. The van der Waals surface area contributed by atoms with Crippen molar-refractivity contribution in [1.29, 1.82) is 5.26 Å². The number of nitriles is 1. The second-order valence-corrected chi connectivity index (χ2v) is 19.8. The van der Waals surface area contributed by atoms with Gasteiger partial charge >= 0.3 is 11.9 Å². The Morgan fingerprint density at radius 1 is 0.792 bits per heavy atom. The van der Waals surface area contributed by atoms with Crippen LogP contribution in [0, 0.1) is 79.3 Å². The van der Waals surface area contributed by atoms with Crippen LogP contribution >= 0.6 is 0 Å². The number of carboxylic acid groups (broad SMARTS) is 1. The zero-order chi connectivity index (χ0) is 41.4. The lowest BCUT2D eigenvalue weighted by atomic mass is 9.47. The van der Waals surface area contributed by atoms with Gasteiger partial charge in [-0.25, -0.2) is 4.98 Å². The first-order chi connectivity index (χ1) is 24.3. The summed E-state index contributed by atoms with van der Waals surface area (Å²) in [6, 6.07) is 3.10. The van der Waals surface area contributed by atoms with E-state index in [1.165, 1.54) is 7.11 Å². The van der Waals surface area contributed by atoms with Gasteiger partial charge in [-0.05, 0) is 95.2 Å². The van der Waals surface area contributed by atoms with Crippen molar-refractivity contribution in [2.24, 2.45) is 68.0 Å². The van der Waals surface area contributed by atoms with E-state index in [4.69, 9.17) is 4.74 Å². The number of hydrogen-bond acceptors (Lipinski definition) is 5. The number of imidazole rings is 1. The lowest BCUT2D eigenvalue weighted by Crippen LogP contribution is -2.53. The van der Waals surface area contributed by atoms with Gasteiger partial charge < -0.3 is 14.4 Å². The third-order valence-electron chi connectivity index (χ3n) is 16.2. The fraction of sp³-hybridized carbons (Fsp3) is 0.870. The van der Waals surface area contributed by atoms with Crippen LogP contribution in [0.3, 0.4) is 0 Å². The molecule has 1 N–H and O–H groups in total. The summed E-state index contributed by atoms with van der Waals surface area (Å²) in [6.45, 7) is 37.8. The van der Waals surface area contributed by atoms with Crippen LogP contribution in [0.4, 0.5) is 0 Å². The number of aliphatic carboxylic acids is 1. The van der Waals surface area contributed by atoms with Crippen molar-refractivity contribution in [1.82, 2.24) is 9.55 Å². The molecule has 306 valence electrons. The number of esters is 1. The number of hydrogen-bond donors (Lipinski definition) is 1. The molecule has 9 atom stereocenters. The van der Waals surface area contributed by atoms with Gasteiger partial charge in [-0.1, -0.05) is 131 Å². The van der Waals surface area contributed by atoms with Gasteiger partial charge in [0.25, 0.3) is 0 Å². The van der Waals surface area contributed by atoms with Crippen molar-refractivity contribution < 1.29 is 19.4 Å². The molecule has 0 bridgehead atoms. The molecule has 9 unspecified atom stereocenters. The fourth-order valence-electron chi connectivity index (χ4n) is 10.6. The Kier molecular flexibility index (Phi) is 17.4. The molecule has 0 amide bonds. The number of methoxy groups -OCH3 is 1. The van der Waals surface area contributed by atoms with E-state index in [1.807, 2.05) is 12.5 Å². The highest BCUT2D eigenvalue weighted by Gasteiger charge is 2.58. The smallest absolute Gasteiger partial charge is 0.309 e. The minimum absolute atomic E-state index is 0.203. The Hall–Kier alpha value is -2.36. The van der Waals surface area contributed by atoms with Gasteiger partial charge in [0, 0.05) is 18.4 Å². The third-order valence-corrected chi connectivity index (χ3v) is 16.2. The van der Waals surface area contributed by atoms with Crippen LogP contribution in [0.25, 0.3) is 0 Å². The molecule has 0 aromatic carbocycles. The molecule has 0 radical (unpaired) electrons. The summed E-state index contributed by atoms with van der Waals surface area (Å²) in [7, 11) is 1.48. The maximum absolute atomic E-state index is 14.2. The van der Waals surface area contributed by atoms with Crippen molar-refractivity contribution in [3.8, 4) is 6.07 Å². The van der Waals surface area contributed by atoms with Crippen molar-refractivity contribution in [3.05, 3.63) is 18.7 Å². The van der Waals surface area contributed by atoms with E-state index in [-0.39, 0.29) is 34.7 Å². The molecule has 0 fully saturated rings. The Bertz CT molecular complexity index is 1330. The largest absolute Gasteiger partial charge is 0.481 e. The summed E-state index contributed by atoms with van der Waals surface area (Å²) < 4.78 is 7.93. The minimum atomic E-state index is -0.761. The molecule has 1 heterocycles. The van der Waals surface area contributed by atoms with Crippen molar-refractivity contribution >= 4 is 11.9 Å². The molecule has 7 heteroatoms. The maximum Gasteiger partial charge on any atom is 0.309 e. The number of rotatable bonds is 24. The molecule has 7 nitrogen and oxygen atoms in total. The third kappa shape index (κ3) is 9.91. The Balaban J connectivity index is 3.84. The molecule has 0 aliphatic carbocycles. The second-order valence-electron chi connectivity index (χ2n) is 19.8. The van der Waals surface area contributed by atoms with Crippen molar-refractivity contribution in [3.63, 3.8) is 0 Å². The molecular weight excluding hydrogens is 659 g/mol. The van der Waals surface area contributed by atoms with E-state index in [2.05, 4.69) is 140 Å². The predicted molar refractivity (Wildman–Crippen MR) is 220 cm³/mol. The van der Waals surface area contributed by atoms with Crippen molar-refractivity contribution in [2.45, 2.75) is 182 Å². The Labute approximate surface area is 326 Å². The van der Waals surface area contributed by atoms with Gasteiger partial charge in [0.1, 0.15) is 0 Å². The first kappa shape index (κ1) is 48.7. The SMILES string of the molecule is CCC(C(C)C)C(CC(C)(C)C(C)(CC)C(C#N)CC(C)(C)C(C)(CC)C(CC(C)(CC)C(C)(CC)C(CC(C)C)C(=O)O)C(=O)OC)n1ccnc1. The van der Waals surface area contributed by atoms with Crippen LogP contribution in [-0.2, 0) is 14.3 Å². The maximum atomic E-state index is 14.2. The van der Waals surface area contributed by atoms with Crippen LogP contribution < -0.4 is 0 Å². The quantitative estimate of drug-likeness (QED) is 0.106. The number of aromatic nitrogens is 2. The summed E-state index contributed by atoms with van der Waals surface area (Å²) >= 11 is 0. The fourth-order valence-corrected chi connectivity index (χ4v) is 10.6. The van der Waals surface area contributed by atoms with E-state index in [9.17, 15) is 20.0 Å². The summed E-state index contributed by atoms with van der Waals surface area (Å²) in [5, 5.41) is 21.8. The van der Waals surface area contributed by atoms with Crippen LogP contribution in [0.15, 0.2) is 18.7 Å². The molecule has 0 aliphatic heterocycles. The number of ether oxygens (including phenoxy) is 1. The van der Waals surface area contributed by atoms with E-state index in [0.29, 0.717) is 37.5 Å². The van der Waals surface area contributed by atoms with Crippen LogP contribution in [0.5, 0.6) is 0 Å². The predicted octanol–water partition coefficient (Wildman–Crippen LogP) is 12.7. The molecule has 0 saturated carbocycles. The van der Waals surface area contributed by atoms with E-state index < -0.39 is 39.5 Å². The molecule has 0 saturated heterocycles. The van der Waals surface area contributed by atoms with Gasteiger partial charge in [-0.2, -0.15) is 5.26 Å². The van der Waals surface area contributed by atoms with Crippen molar-refractivity contribution in [2.75, 3.05) is 7.11 Å². The average Bonchev–Trinajstić information content (AvgIpc) is 3.64. The second kappa shape index (κ2) is 19.0. The molecule has 0 spiro atoms. The highest BCUT2D eigenvalue weighted by atomic mass is 16.5. The topological polar surface area (TPSA) is 105 Å². The van der Waals surface area contributed by atoms with E-state index in [0.717, 1.165) is 32.1 Å². The van der Waals surface area contributed by atoms with Gasteiger partial charge in [-0.15, -0.1) is 0 Å². The van der Waals surface area contributed by atoms with Crippen LogP contribution in [0.2, 0.25) is 0 Å². The standard InChI is InChI=1S/C46H83N3O4/c1-19-35(33(8)9)38(49-25-24-48-31-49)29-42(12,13)44(15,21-3)34(30-47)27-41(10,11)45(16,22-4)37(40(52)53-18)28-43(14,20-2)46(17,23-5)36(39(50)51)26-32(6)7/h24-25,31-38H,19-23,26-29H2,1-18H3,(H,50,51).